The maximum Gasteiger partial charge on any atom is 0.331 e. The first-order valence-corrected chi connectivity index (χ1v) is 8.98. The monoisotopic (exact) mass is 383 g/mol. The molecule has 1 heterocycles. The molecular weight excluding hydrogens is 368 g/mol. The van der Waals surface area contributed by atoms with Crippen molar-refractivity contribution in [3.63, 3.8) is 0 Å². The van der Waals surface area contributed by atoms with E-state index in [1.807, 2.05) is 17.5 Å². The lowest BCUT2D eigenvalue weighted by Gasteiger charge is -2.12. The van der Waals surface area contributed by atoms with Gasteiger partial charge in [-0.25, -0.2) is 4.79 Å². The molecule has 1 N–H and O–H groups in total. The van der Waals surface area contributed by atoms with Crippen LogP contribution in [0.1, 0.15) is 11.8 Å². The highest BCUT2D eigenvalue weighted by atomic mass is 32.2. The van der Waals surface area contributed by atoms with Gasteiger partial charge in [-0.1, -0.05) is 17.8 Å². The van der Waals surface area contributed by atoms with Gasteiger partial charge in [-0.15, -0.1) is 11.3 Å². The van der Waals surface area contributed by atoms with Gasteiger partial charge in [-0.3, -0.25) is 4.79 Å². The second-order valence-corrected chi connectivity index (χ2v) is 6.86. The van der Waals surface area contributed by atoms with E-state index in [0.717, 1.165) is 4.88 Å². The molecule has 8 heteroatoms. The van der Waals surface area contributed by atoms with Crippen molar-refractivity contribution in [3.8, 4) is 0 Å². The zero-order valence-corrected chi connectivity index (χ0v) is 14.8. The van der Waals surface area contributed by atoms with Crippen molar-refractivity contribution in [2.24, 2.45) is 0 Å². The van der Waals surface area contributed by atoms with Crippen LogP contribution in [0.15, 0.2) is 52.7 Å². The van der Waals surface area contributed by atoms with Crippen molar-refractivity contribution in [1.29, 1.82) is 0 Å². The summed E-state index contributed by atoms with van der Waals surface area (Å²) in [6.07, 6.45) is 1.87. The van der Waals surface area contributed by atoms with E-state index in [-0.39, 0.29) is 0 Å². The maximum absolute atomic E-state index is 12.3. The highest BCUT2D eigenvalue weighted by Crippen LogP contribution is 2.26. The number of carbonyl (C=O) groups excluding carboxylic acids is 2. The second kappa shape index (κ2) is 9.33. The Balaban J connectivity index is 1.84. The van der Waals surface area contributed by atoms with Gasteiger partial charge in [0.2, 0.25) is 0 Å². The molecule has 0 spiro atoms. The molecule has 132 valence electrons. The molecule has 0 radical (unpaired) electrons. The summed E-state index contributed by atoms with van der Waals surface area (Å²) < 4.78 is 29.5. The molecule has 0 saturated heterocycles. The smallest absolute Gasteiger partial charge is 0.331 e. The van der Waals surface area contributed by atoms with Crippen LogP contribution in [0, 0.1) is 0 Å². The molecule has 4 nitrogen and oxygen atoms in total. The van der Waals surface area contributed by atoms with Gasteiger partial charge in [-0.2, -0.15) is 8.78 Å². The normalized spacial score (nSPS) is 12.3. The molecular formula is C17H15F2NO3S2. The first-order valence-electron chi connectivity index (χ1n) is 7.22. The molecule has 0 aliphatic carbocycles. The lowest BCUT2D eigenvalue weighted by Crippen LogP contribution is -2.29. The fraction of sp³-hybridized carbons (Fsp3) is 0.176. The summed E-state index contributed by atoms with van der Waals surface area (Å²) in [6, 6.07) is 9.68. The molecule has 0 bridgehead atoms. The minimum atomic E-state index is -2.50. The number of benzene rings is 1. The van der Waals surface area contributed by atoms with Gasteiger partial charge in [0, 0.05) is 21.5 Å². The second-order valence-electron chi connectivity index (χ2n) is 4.82. The third-order valence-corrected chi connectivity index (χ3v) is 4.50. The van der Waals surface area contributed by atoms with Crippen LogP contribution in [0.3, 0.4) is 0 Å². The van der Waals surface area contributed by atoms with Crippen LogP contribution in [-0.2, 0) is 14.3 Å². The largest absolute Gasteiger partial charge is 0.449 e. The highest BCUT2D eigenvalue weighted by Gasteiger charge is 2.16. The molecule has 0 aliphatic heterocycles. The van der Waals surface area contributed by atoms with Crippen molar-refractivity contribution in [1.82, 2.24) is 0 Å². The lowest BCUT2D eigenvalue weighted by molar-refractivity contribution is -0.148. The van der Waals surface area contributed by atoms with E-state index in [0.29, 0.717) is 22.3 Å². The number of esters is 1. The molecule has 2 aromatic rings. The topological polar surface area (TPSA) is 55.4 Å². The number of hydrogen-bond donors (Lipinski definition) is 1. The van der Waals surface area contributed by atoms with Gasteiger partial charge in [0.1, 0.15) is 0 Å². The first-order chi connectivity index (χ1) is 11.9. The van der Waals surface area contributed by atoms with Crippen LogP contribution in [0.4, 0.5) is 14.5 Å². The molecule has 0 unspecified atom stereocenters. The van der Waals surface area contributed by atoms with Crippen LogP contribution in [0.5, 0.6) is 0 Å². The number of thiophene rings is 1. The van der Waals surface area contributed by atoms with Crippen LogP contribution in [0.2, 0.25) is 0 Å². The molecule has 1 aromatic carbocycles. The molecule has 1 aromatic heterocycles. The van der Waals surface area contributed by atoms with Crippen molar-refractivity contribution < 1.29 is 23.1 Å². The number of halogens is 2. The number of nitrogens with one attached hydrogen (secondary N) is 1. The standard InChI is InChI=1S/C17H15F2NO3S2/c1-11(23-15(21)9-8-13-3-2-10-24-13)16(22)20-12-4-6-14(7-5-12)25-17(18)19/h2-11,17H,1H3,(H,20,22)/b9-8+/t11-/m1/s1. The van der Waals surface area contributed by atoms with E-state index in [9.17, 15) is 18.4 Å². The van der Waals surface area contributed by atoms with Gasteiger partial charge in [0.05, 0.1) is 0 Å². The zero-order chi connectivity index (χ0) is 18.2. The third kappa shape index (κ3) is 6.67. The molecule has 0 saturated carbocycles. The number of carbonyl (C=O) groups is 2. The third-order valence-electron chi connectivity index (χ3n) is 2.94. The summed E-state index contributed by atoms with van der Waals surface area (Å²) in [6.45, 7) is 1.45. The van der Waals surface area contributed by atoms with Crippen molar-refractivity contribution in [2.45, 2.75) is 23.7 Å². The first kappa shape index (κ1) is 19.1. The Hall–Kier alpha value is -2.19. The van der Waals surface area contributed by atoms with Crippen molar-refractivity contribution in [2.75, 3.05) is 5.32 Å². The Morgan fingerprint density at radius 2 is 1.96 bits per heavy atom. The summed E-state index contributed by atoms with van der Waals surface area (Å²) in [5.74, 6) is -3.63. The summed E-state index contributed by atoms with van der Waals surface area (Å²) >= 11 is 1.90. The van der Waals surface area contributed by atoms with E-state index in [1.165, 1.54) is 48.6 Å². The molecule has 1 amide bonds. The predicted molar refractivity (Wildman–Crippen MR) is 95.8 cm³/mol. The van der Waals surface area contributed by atoms with Crippen molar-refractivity contribution >= 4 is 46.7 Å². The summed E-state index contributed by atoms with van der Waals surface area (Å²) in [5, 5.41) is 4.44. The van der Waals surface area contributed by atoms with Crippen molar-refractivity contribution in [3.05, 3.63) is 52.7 Å². The number of anilines is 1. The fourth-order valence-electron chi connectivity index (χ4n) is 1.77. The van der Waals surface area contributed by atoms with Crippen LogP contribution < -0.4 is 5.32 Å². The minimum Gasteiger partial charge on any atom is -0.449 e. The predicted octanol–water partition coefficient (Wildman–Crippen LogP) is 4.65. The number of amides is 1. The summed E-state index contributed by atoms with van der Waals surface area (Å²) in [7, 11) is 0. The number of thioether (sulfide) groups is 1. The van der Waals surface area contributed by atoms with E-state index >= 15 is 0 Å². The highest BCUT2D eigenvalue weighted by molar-refractivity contribution is 7.99. The van der Waals surface area contributed by atoms with Gasteiger partial charge < -0.3 is 10.1 Å². The average molecular weight is 383 g/mol. The SMILES string of the molecule is C[C@@H](OC(=O)/C=C/c1cccs1)C(=O)Nc1ccc(SC(F)F)cc1. The van der Waals surface area contributed by atoms with E-state index in [1.54, 1.807) is 6.08 Å². The number of rotatable bonds is 7. The Morgan fingerprint density at radius 1 is 1.24 bits per heavy atom. The van der Waals surface area contributed by atoms with Crippen LogP contribution >= 0.6 is 23.1 Å². The Bertz CT molecular complexity index is 731. The molecule has 1 atom stereocenters. The van der Waals surface area contributed by atoms with E-state index < -0.39 is 23.7 Å². The fourth-order valence-corrected chi connectivity index (χ4v) is 2.88. The van der Waals surface area contributed by atoms with E-state index in [4.69, 9.17) is 4.74 Å². The van der Waals surface area contributed by atoms with Gasteiger partial charge in [0.25, 0.3) is 11.7 Å². The van der Waals surface area contributed by atoms with Gasteiger partial charge in [-0.05, 0) is 48.7 Å². The lowest BCUT2D eigenvalue weighted by atomic mass is 10.3. The Morgan fingerprint density at radius 3 is 2.56 bits per heavy atom. The van der Waals surface area contributed by atoms with Gasteiger partial charge in [0.15, 0.2) is 6.10 Å². The quantitative estimate of drug-likeness (QED) is 0.430. The number of alkyl halides is 2. The molecule has 0 fully saturated rings. The molecule has 25 heavy (non-hydrogen) atoms. The number of ether oxygens (including phenoxy) is 1. The summed E-state index contributed by atoms with van der Waals surface area (Å²) in [5.41, 5.74) is 0.431. The zero-order valence-electron chi connectivity index (χ0n) is 13.1. The molecule has 2 rings (SSSR count). The maximum atomic E-state index is 12.3. The van der Waals surface area contributed by atoms with Gasteiger partial charge >= 0.3 is 5.97 Å². The molecule has 0 aliphatic rings. The van der Waals surface area contributed by atoms with Crippen LogP contribution in [-0.4, -0.2) is 23.7 Å². The summed E-state index contributed by atoms with van der Waals surface area (Å²) in [4.78, 5) is 25.0. The Labute approximate surface area is 151 Å². The Kier molecular flexibility index (Phi) is 7.15. The van der Waals surface area contributed by atoms with E-state index in [2.05, 4.69) is 5.32 Å². The number of hydrogen-bond acceptors (Lipinski definition) is 5. The average Bonchev–Trinajstić information content (AvgIpc) is 3.07. The minimum absolute atomic E-state index is 0.395. The van der Waals surface area contributed by atoms with Crippen LogP contribution in [0.25, 0.3) is 6.08 Å².